The third-order valence-corrected chi connectivity index (χ3v) is 6.04. The van der Waals surface area contributed by atoms with E-state index in [2.05, 4.69) is 6.07 Å². The first-order valence-corrected chi connectivity index (χ1v) is 11.4. The molecule has 0 unspecified atom stereocenters. The van der Waals surface area contributed by atoms with E-state index in [1.54, 1.807) is 7.11 Å². The zero-order valence-corrected chi connectivity index (χ0v) is 20.2. The quantitative estimate of drug-likeness (QED) is 0.257. The Morgan fingerprint density at radius 1 is 0.886 bits per heavy atom. The normalized spacial score (nSPS) is 10.6. The number of phenolic OH excluding ortho intramolecular Hbond substituents is 1. The number of hydrogen-bond acceptors (Lipinski definition) is 5. The Bertz CT molecular complexity index is 1330. The lowest BCUT2D eigenvalue weighted by Gasteiger charge is -2.15. The van der Waals surface area contributed by atoms with Gasteiger partial charge in [0, 0.05) is 6.07 Å². The van der Waals surface area contributed by atoms with Crippen LogP contribution in [0.5, 0.6) is 23.0 Å². The second-order valence-corrected chi connectivity index (χ2v) is 8.41. The third kappa shape index (κ3) is 5.76. The van der Waals surface area contributed by atoms with E-state index in [-0.39, 0.29) is 22.9 Å². The zero-order valence-electron chi connectivity index (χ0n) is 19.5. The molecule has 0 bridgehead atoms. The summed E-state index contributed by atoms with van der Waals surface area (Å²) >= 11 is 6.20. The van der Waals surface area contributed by atoms with Crippen LogP contribution in [0.15, 0.2) is 78.9 Å². The van der Waals surface area contributed by atoms with Gasteiger partial charge in [0.25, 0.3) is 0 Å². The minimum Gasteiger partial charge on any atom is -0.507 e. The number of halogens is 1. The van der Waals surface area contributed by atoms with Crippen LogP contribution in [0, 0.1) is 6.92 Å². The minimum atomic E-state index is -0.170. The van der Waals surface area contributed by atoms with E-state index in [9.17, 15) is 9.90 Å². The molecule has 0 aliphatic carbocycles. The molecule has 1 N–H and O–H groups in total. The number of hydrogen-bond donors (Lipinski definition) is 1. The van der Waals surface area contributed by atoms with Gasteiger partial charge in [-0.05, 0) is 65.1 Å². The van der Waals surface area contributed by atoms with E-state index < -0.39 is 0 Å². The molecule has 0 aliphatic rings. The first-order chi connectivity index (χ1) is 17.0. The Hall–Kier alpha value is -3.96. The maximum absolute atomic E-state index is 11.0. The van der Waals surface area contributed by atoms with Gasteiger partial charge in [0.05, 0.1) is 17.7 Å². The Morgan fingerprint density at radius 3 is 2.40 bits per heavy atom. The molecule has 0 spiro atoms. The molecule has 178 valence electrons. The molecule has 5 nitrogen and oxygen atoms in total. The zero-order chi connectivity index (χ0) is 24.8. The molecule has 0 atom stereocenters. The highest BCUT2D eigenvalue weighted by Gasteiger charge is 2.12. The van der Waals surface area contributed by atoms with E-state index in [1.165, 1.54) is 12.1 Å². The smallest absolute Gasteiger partial charge is 0.153 e. The molecule has 0 aliphatic heterocycles. The number of benzene rings is 4. The Kier molecular flexibility index (Phi) is 7.58. The van der Waals surface area contributed by atoms with Crippen molar-refractivity contribution in [1.29, 1.82) is 0 Å². The fourth-order valence-corrected chi connectivity index (χ4v) is 3.94. The lowest BCUT2D eigenvalue weighted by atomic mass is 9.96. The van der Waals surface area contributed by atoms with Crippen LogP contribution in [0.25, 0.3) is 11.1 Å². The molecule has 0 aromatic heterocycles. The fraction of sp³-hybridized carbons (Fsp3) is 0.138. The lowest BCUT2D eigenvalue weighted by Crippen LogP contribution is -2.00. The van der Waals surface area contributed by atoms with Crippen LogP contribution in [0.3, 0.4) is 0 Å². The van der Waals surface area contributed by atoms with Crippen LogP contribution in [-0.4, -0.2) is 18.5 Å². The van der Waals surface area contributed by atoms with Crippen molar-refractivity contribution in [2.45, 2.75) is 20.1 Å². The first-order valence-electron chi connectivity index (χ1n) is 11.0. The molecule has 0 amide bonds. The number of phenols is 1. The number of rotatable bonds is 9. The molecule has 4 aromatic rings. The SMILES string of the molecule is COc1ccc(COc2cccc(-c3cccc(COc4cc(O)c(C=O)cc4Cl)c3C)c2)cc1. The maximum Gasteiger partial charge on any atom is 0.153 e. The summed E-state index contributed by atoms with van der Waals surface area (Å²) in [6.45, 7) is 2.75. The number of carbonyl (C=O) groups excluding carboxylic acids is 1. The van der Waals surface area contributed by atoms with Gasteiger partial charge < -0.3 is 19.3 Å². The molecule has 0 radical (unpaired) electrons. The summed E-state index contributed by atoms with van der Waals surface area (Å²) in [6.07, 6.45) is 0.549. The van der Waals surface area contributed by atoms with E-state index in [0.29, 0.717) is 18.6 Å². The summed E-state index contributed by atoms with van der Waals surface area (Å²) in [5.41, 5.74) is 5.30. The third-order valence-electron chi connectivity index (χ3n) is 5.75. The second-order valence-electron chi connectivity index (χ2n) is 8.00. The summed E-state index contributed by atoms with van der Waals surface area (Å²) in [7, 11) is 1.65. The summed E-state index contributed by atoms with van der Waals surface area (Å²) in [4.78, 5) is 11.0. The highest BCUT2D eigenvalue weighted by molar-refractivity contribution is 6.32. The van der Waals surface area contributed by atoms with Crippen molar-refractivity contribution in [3.05, 3.63) is 106 Å². The van der Waals surface area contributed by atoms with Gasteiger partial charge in [0.15, 0.2) is 6.29 Å². The molecular formula is C29H25ClO5. The standard InChI is InChI=1S/C29H25ClO5/c1-19-22(18-35-29-15-28(32)23(16-31)14-27(29)30)6-4-8-26(19)21-5-3-7-25(13-21)34-17-20-9-11-24(33-2)12-10-20/h3-16,32H,17-18H2,1-2H3. The van der Waals surface area contributed by atoms with Crippen LogP contribution >= 0.6 is 11.6 Å². The predicted octanol–water partition coefficient (Wildman–Crippen LogP) is 7.00. The summed E-state index contributed by atoms with van der Waals surface area (Å²) in [6, 6.07) is 24.5. The van der Waals surface area contributed by atoms with Crippen LogP contribution in [0.4, 0.5) is 0 Å². The summed E-state index contributed by atoms with van der Waals surface area (Å²) in [5.74, 6) is 1.73. The topological polar surface area (TPSA) is 65.0 Å². The maximum atomic E-state index is 11.0. The molecule has 0 saturated carbocycles. The van der Waals surface area contributed by atoms with Crippen molar-refractivity contribution in [1.82, 2.24) is 0 Å². The molecule has 35 heavy (non-hydrogen) atoms. The number of ether oxygens (including phenoxy) is 3. The number of methoxy groups -OCH3 is 1. The van der Waals surface area contributed by atoms with Gasteiger partial charge in [-0.25, -0.2) is 0 Å². The molecular weight excluding hydrogens is 464 g/mol. The predicted molar refractivity (Wildman–Crippen MR) is 137 cm³/mol. The highest BCUT2D eigenvalue weighted by atomic mass is 35.5. The van der Waals surface area contributed by atoms with Crippen molar-refractivity contribution in [2.24, 2.45) is 0 Å². The first kappa shape index (κ1) is 24.2. The monoisotopic (exact) mass is 488 g/mol. The van der Waals surface area contributed by atoms with E-state index in [0.717, 1.165) is 39.3 Å². The number of aromatic hydroxyl groups is 1. The molecule has 4 aromatic carbocycles. The molecule has 0 fully saturated rings. The largest absolute Gasteiger partial charge is 0.507 e. The molecule has 6 heteroatoms. The Balaban J connectivity index is 1.49. The lowest BCUT2D eigenvalue weighted by molar-refractivity contribution is 0.112. The molecule has 0 heterocycles. The van der Waals surface area contributed by atoms with Gasteiger partial charge in [-0.15, -0.1) is 0 Å². The van der Waals surface area contributed by atoms with Gasteiger partial charge in [-0.1, -0.05) is 54.1 Å². The van der Waals surface area contributed by atoms with Gasteiger partial charge in [-0.2, -0.15) is 0 Å². The van der Waals surface area contributed by atoms with Crippen LogP contribution in [0.1, 0.15) is 27.0 Å². The van der Waals surface area contributed by atoms with Crippen molar-refractivity contribution in [3.63, 3.8) is 0 Å². The number of carbonyl (C=O) groups is 1. The van der Waals surface area contributed by atoms with Crippen molar-refractivity contribution < 1.29 is 24.1 Å². The number of aldehydes is 1. The summed E-state index contributed by atoms with van der Waals surface area (Å²) in [5, 5.41) is 10.2. The van der Waals surface area contributed by atoms with Crippen molar-refractivity contribution in [2.75, 3.05) is 7.11 Å². The van der Waals surface area contributed by atoms with Crippen LogP contribution < -0.4 is 14.2 Å². The average molecular weight is 489 g/mol. The van der Waals surface area contributed by atoms with E-state index >= 15 is 0 Å². The Morgan fingerprint density at radius 2 is 1.66 bits per heavy atom. The molecule has 4 rings (SSSR count). The van der Waals surface area contributed by atoms with Crippen molar-refractivity contribution >= 4 is 17.9 Å². The van der Waals surface area contributed by atoms with Gasteiger partial charge >= 0.3 is 0 Å². The Labute approximate surface area is 209 Å². The average Bonchev–Trinajstić information content (AvgIpc) is 2.89. The van der Waals surface area contributed by atoms with Crippen LogP contribution in [0.2, 0.25) is 5.02 Å². The van der Waals surface area contributed by atoms with Crippen LogP contribution in [-0.2, 0) is 13.2 Å². The fourth-order valence-electron chi connectivity index (χ4n) is 3.71. The van der Waals surface area contributed by atoms with E-state index in [4.69, 9.17) is 25.8 Å². The molecule has 0 saturated heterocycles. The van der Waals surface area contributed by atoms with Gasteiger partial charge in [0.2, 0.25) is 0 Å². The van der Waals surface area contributed by atoms with Gasteiger partial charge in [0.1, 0.15) is 36.2 Å². The van der Waals surface area contributed by atoms with Crippen molar-refractivity contribution in [3.8, 4) is 34.1 Å². The van der Waals surface area contributed by atoms with E-state index in [1.807, 2.05) is 67.6 Å². The van der Waals surface area contributed by atoms with Gasteiger partial charge in [-0.3, -0.25) is 4.79 Å². The summed E-state index contributed by atoms with van der Waals surface area (Å²) < 4.78 is 17.1. The second kappa shape index (κ2) is 11.0. The highest BCUT2D eigenvalue weighted by Crippen LogP contribution is 2.33. The minimum absolute atomic E-state index is 0.120.